The van der Waals surface area contributed by atoms with Crippen LogP contribution in [0, 0.1) is 3.57 Å². The fraction of sp³-hybridized carbons (Fsp3) is 0.125. The van der Waals surface area contributed by atoms with Gasteiger partial charge in [0.1, 0.15) is 11.5 Å². The fourth-order valence-electron chi connectivity index (χ4n) is 2.18. The summed E-state index contributed by atoms with van der Waals surface area (Å²) in [7, 11) is 3.41. The summed E-state index contributed by atoms with van der Waals surface area (Å²) in [4.78, 5) is 1.24. The summed E-state index contributed by atoms with van der Waals surface area (Å²) in [6.07, 6.45) is 0. The summed E-state index contributed by atoms with van der Waals surface area (Å²) in [6.45, 7) is 0. The maximum absolute atomic E-state index is 5.47. The van der Waals surface area contributed by atoms with E-state index < -0.39 is 0 Å². The van der Waals surface area contributed by atoms with Crippen LogP contribution >= 0.6 is 33.9 Å². The van der Waals surface area contributed by atoms with Gasteiger partial charge in [0.05, 0.1) is 19.1 Å². The highest BCUT2D eigenvalue weighted by Gasteiger charge is 2.15. The molecular weight excluding hydrogens is 383 g/mol. The minimum absolute atomic E-state index is 0.889. The number of fused-ring (bicyclic) bond motifs is 1. The van der Waals surface area contributed by atoms with Crippen LogP contribution in [0.1, 0.15) is 0 Å². The number of ether oxygens (including phenoxy) is 2. The third-order valence-corrected chi connectivity index (χ3v) is 5.88. The second kappa shape index (κ2) is 5.61. The molecule has 1 heterocycles. The molecule has 3 rings (SSSR count). The van der Waals surface area contributed by atoms with Crippen molar-refractivity contribution in [3.63, 3.8) is 0 Å². The molecule has 0 atom stereocenters. The summed E-state index contributed by atoms with van der Waals surface area (Å²) >= 11 is 4.19. The molecule has 0 N–H and O–H groups in total. The van der Waals surface area contributed by atoms with E-state index in [1.165, 1.54) is 18.5 Å². The average Bonchev–Trinajstić information content (AvgIpc) is 2.83. The lowest BCUT2D eigenvalue weighted by molar-refractivity contribution is 0.415. The first-order chi connectivity index (χ1) is 9.74. The molecule has 2 nitrogen and oxygen atoms in total. The molecule has 2 aromatic carbocycles. The van der Waals surface area contributed by atoms with Crippen LogP contribution in [0.4, 0.5) is 0 Å². The first kappa shape index (κ1) is 13.7. The quantitative estimate of drug-likeness (QED) is 0.568. The Bertz CT molecular complexity index is 764. The molecule has 0 radical (unpaired) electrons. The van der Waals surface area contributed by atoms with Gasteiger partial charge < -0.3 is 9.47 Å². The highest BCUT2D eigenvalue weighted by molar-refractivity contribution is 14.1. The van der Waals surface area contributed by atoms with Crippen LogP contribution in [0.5, 0.6) is 11.5 Å². The predicted molar refractivity (Wildman–Crippen MR) is 93.1 cm³/mol. The minimum Gasteiger partial charge on any atom is -0.497 e. The number of halogens is 1. The lowest BCUT2D eigenvalue weighted by Crippen LogP contribution is -1.86. The molecule has 0 amide bonds. The van der Waals surface area contributed by atoms with Gasteiger partial charge in [0.2, 0.25) is 0 Å². The van der Waals surface area contributed by atoms with Crippen molar-refractivity contribution < 1.29 is 9.47 Å². The largest absolute Gasteiger partial charge is 0.497 e. The van der Waals surface area contributed by atoms with Crippen molar-refractivity contribution in [2.75, 3.05) is 14.2 Å². The van der Waals surface area contributed by atoms with Crippen molar-refractivity contribution in [2.24, 2.45) is 0 Å². The second-order valence-electron chi connectivity index (χ2n) is 4.31. The Morgan fingerprint density at radius 3 is 2.55 bits per heavy atom. The van der Waals surface area contributed by atoms with Crippen molar-refractivity contribution in [1.82, 2.24) is 0 Å². The molecule has 0 saturated carbocycles. The van der Waals surface area contributed by atoms with E-state index in [0.717, 1.165) is 17.1 Å². The van der Waals surface area contributed by atoms with E-state index in [9.17, 15) is 0 Å². The third kappa shape index (κ3) is 2.27. The van der Waals surface area contributed by atoms with E-state index in [4.69, 9.17) is 9.47 Å². The van der Waals surface area contributed by atoms with Crippen molar-refractivity contribution in [2.45, 2.75) is 0 Å². The summed E-state index contributed by atoms with van der Waals surface area (Å²) in [6, 6.07) is 14.3. The van der Waals surface area contributed by atoms with Gasteiger partial charge in [-0.15, -0.1) is 11.3 Å². The number of methoxy groups -OCH3 is 2. The zero-order valence-electron chi connectivity index (χ0n) is 11.1. The van der Waals surface area contributed by atoms with E-state index in [1.54, 1.807) is 25.6 Å². The second-order valence-corrected chi connectivity index (χ2v) is 6.44. The van der Waals surface area contributed by atoms with E-state index >= 15 is 0 Å². The number of thiophene rings is 1. The molecule has 1 aromatic heterocycles. The molecule has 0 bridgehead atoms. The van der Waals surface area contributed by atoms with Gasteiger partial charge in [0.25, 0.3) is 0 Å². The highest BCUT2D eigenvalue weighted by Crippen LogP contribution is 2.43. The van der Waals surface area contributed by atoms with Gasteiger partial charge in [-0.1, -0.05) is 12.1 Å². The Hall–Kier alpha value is -1.27. The van der Waals surface area contributed by atoms with Crippen LogP contribution in [0.15, 0.2) is 42.5 Å². The molecule has 0 aliphatic carbocycles. The van der Waals surface area contributed by atoms with E-state index in [0.29, 0.717) is 0 Å². The fourth-order valence-corrected chi connectivity index (χ4v) is 4.53. The van der Waals surface area contributed by atoms with Crippen molar-refractivity contribution in [3.05, 3.63) is 46.0 Å². The van der Waals surface area contributed by atoms with Crippen molar-refractivity contribution in [3.8, 4) is 21.9 Å². The van der Waals surface area contributed by atoms with Gasteiger partial charge in [-0.3, -0.25) is 0 Å². The summed E-state index contributed by atoms with van der Waals surface area (Å²) in [5.74, 6) is 1.80. The van der Waals surface area contributed by atoms with Crippen molar-refractivity contribution >= 4 is 44.0 Å². The molecule has 0 spiro atoms. The maximum Gasteiger partial charge on any atom is 0.127 e. The Labute approximate surface area is 135 Å². The highest BCUT2D eigenvalue weighted by atomic mass is 127. The maximum atomic E-state index is 5.47. The van der Waals surface area contributed by atoms with Crippen LogP contribution < -0.4 is 9.47 Å². The zero-order chi connectivity index (χ0) is 14.1. The van der Waals surface area contributed by atoms with E-state index in [1.807, 2.05) is 24.3 Å². The Kier molecular flexibility index (Phi) is 3.85. The van der Waals surface area contributed by atoms with Crippen LogP contribution in [-0.2, 0) is 0 Å². The molecule has 0 aliphatic rings. The monoisotopic (exact) mass is 396 g/mol. The average molecular weight is 396 g/mol. The summed E-state index contributed by atoms with van der Waals surface area (Å²) < 4.78 is 13.3. The SMILES string of the molecule is COc1ccc2sc(-c3ccccc3OC)c(I)c2c1. The first-order valence-corrected chi connectivity index (χ1v) is 8.03. The number of hydrogen-bond acceptors (Lipinski definition) is 3. The normalized spacial score (nSPS) is 10.8. The lowest BCUT2D eigenvalue weighted by Gasteiger charge is -2.06. The smallest absolute Gasteiger partial charge is 0.127 e. The molecule has 0 saturated heterocycles. The lowest BCUT2D eigenvalue weighted by atomic mass is 10.1. The molecule has 0 fully saturated rings. The number of para-hydroxylation sites is 1. The predicted octanol–water partition coefficient (Wildman–Crippen LogP) is 5.19. The van der Waals surface area contributed by atoms with Crippen LogP contribution in [0.3, 0.4) is 0 Å². The first-order valence-electron chi connectivity index (χ1n) is 6.14. The number of rotatable bonds is 3. The minimum atomic E-state index is 0.889. The Balaban J connectivity index is 2.24. The van der Waals surface area contributed by atoms with E-state index in [-0.39, 0.29) is 0 Å². The zero-order valence-corrected chi connectivity index (χ0v) is 14.1. The third-order valence-electron chi connectivity index (χ3n) is 3.19. The topological polar surface area (TPSA) is 18.5 Å². The molecule has 4 heteroatoms. The molecule has 0 aliphatic heterocycles. The van der Waals surface area contributed by atoms with Gasteiger partial charge in [-0.2, -0.15) is 0 Å². The molecular formula is C16H13IO2S. The van der Waals surface area contributed by atoms with Crippen LogP contribution in [0.2, 0.25) is 0 Å². The molecule has 20 heavy (non-hydrogen) atoms. The van der Waals surface area contributed by atoms with Gasteiger partial charge in [0.15, 0.2) is 0 Å². The molecule has 0 unspecified atom stereocenters. The van der Waals surface area contributed by atoms with E-state index in [2.05, 4.69) is 40.8 Å². The molecule has 102 valence electrons. The standard InChI is InChI=1S/C16H13IO2S/c1-18-10-7-8-14-12(9-10)15(17)16(20-14)11-5-3-4-6-13(11)19-2/h3-9H,1-2H3. The van der Waals surface area contributed by atoms with Crippen LogP contribution in [-0.4, -0.2) is 14.2 Å². The van der Waals surface area contributed by atoms with Crippen molar-refractivity contribution in [1.29, 1.82) is 0 Å². The summed E-state index contributed by atoms with van der Waals surface area (Å²) in [5.41, 5.74) is 1.14. The van der Waals surface area contributed by atoms with Gasteiger partial charge in [-0.25, -0.2) is 0 Å². The molecule has 3 aromatic rings. The Morgan fingerprint density at radius 1 is 1.00 bits per heavy atom. The van der Waals surface area contributed by atoms with Gasteiger partial charge >= 0.3 is 0 Å². The van der Waals surface area contributed by atoms with Crippen LogP contribution in [0.25, 0.3) is 20.5 Å². The number of hydrogen-bond donors (Lipinski definition) is 0. The Morgan fingerprint density at radius 2 is 1.80 bits per heavy atom. The number of benzene rings is 2. The summed E-state index contributed by atoms with van der Waals surface area (Å²) in [5, 5.41) is 1.23. The van der Waals surface area contributed by atoms with Gasteiger partial charge in [-0.05, 0) is 52.9 Å². The van der Waals surface area contributed by atoms with Gasteiger partial charge in [0, 0.05) is 19.2 Å².